The molecule has 0 spiro atoms. The Labute approximate surface area is 278 Å². The molecule has 1 aromatic carbocycles. The first-order chi connectivity index (χ1) is 23.1. The van der Waals surface area contributed by atoms with Crippen molar-refractivity contribution in [1.29, 1.82) is 0 Å². The fraction of sp³-hybridized carbons (Fsp3) is 0.529. The van der Waals surface area contributed by atoms with Crippen molar-refractivity contribution in [3.8, 4) is 16.9 Å². The number of ether oxygens (including phenoxy) is 2. The maximum absolute atomic E-state index is 13.7. The zero-order valence-electron chi connectivity index (χ0n) is 26.9. The topological polar surface area (TPSA) is 105 Å². The van der Waals surface area contributed by atoms with E-state index in [-0.39, 0.29) is 24.5 Å². The summed E-state index contributed by atoms with van der Waals surface area (Å²) in [4.78, 5) is 37.4. The second-order valence-electron chi connectivity index (χ2n) is 13.1. The SMILES string of the molecule is COc1ccc(C2CCC(C(=O)O)CC2)cc1-c1cnc(N2CCC2)nc1CN1C(=O)O[C@H](C2C=C(C(F)(F)F)C=C(C(F)(F)F)C2)[C@@H]1C. The fourth-order valence-electron chi connectivity index (χ4n) is 7.15. The number of anilines is 1. The molecule has 1 aromatic heterocycles. The highest BCUT2D eigenvalue weighted by molar-refractivity contribution is 5.75. The first kappa shape index (κ1) is 34.6. The third-order valence-corrected chi connectivity index (χ3v) is 10.1. The number of nitrogens with zero attached hydrogens (tertiary/aromatic N) is 4. The van der Waals surface area contributed by atoms with Crippen molar-refractivity contribution < 1.29 is 50.5 Å². The third-order valence-electron chi connectivity index (χ3n) is 10.1. The molecule has 15 heteroatoms. The Balaban J connectivity index is 1.32. The second kappa shape index (κ2) is 13.2. The Bertz CT molecular complexity index is 1660. The second-order valence-corrected chi connectivity index (χ2v) is 13.1. The van der Waals surface area contributed by atoms with Crippen molar-refractivity contribution >= 4 is 18.0 Å². The van der Waals surface area contributed by atoms with Gasteiger partial charge in [-0.2, -0.15) is 26.3 Å². The number of rotatable bonds is 8. The summed E-state index contributed by atoms with van der Waals surface area (Å²) in [5.74, 6) is -1.51. The molecule has 0 radical (unpaired) electrons. The highest BCUT2D eigenvalue weighted by atomic mass is 19.4. The minimum absolute atomic E-state index is 0.111. The molecule has 1 unspecified atom stereocenters. The number of halogens is 6. The maximum Gasteiger partial charge on any atom is 0.416 e. The van der Waals surface area contributed by atoms with Gasteiger partial charge in [0.2, 0.25) is 5.95 Å². The number of amides is 1. The quantitative estimate of drug-likeness (QED) is 0.285. The number of aromatic nitrogens is 2. The molecule has 6 rings (SSSR count). The molecule has 3 atom stereocenters. The van der Waals surface area contributed by atoms with Crippen LogP contribution in [0.5, 0.6) is 5.75 Å². The number of cyclic esters (lactones) is 1. The predicted molar refractivity (Wildman–Crippen MR) is 165 cm³/mol. The van der Waals surface area contributed by atoms with E-state index >= 15 is 0 Å². The lowest BCUT2D eigenvalue weighted by molar-refractivity contribution is -0.142. The molecule has 2 aliphatic heterocycles. The summed E-state index contributed by atoms with van der Waals surface area (Å²) in [6.07, 6.45) is -7.06. The van der Waals surface area contributed by atoms with E-state index in [1.54, 1.807) is 6.20 Å². The van der Waals surface area contributed by atoms with E-state index < -0.39 is 60.0 Å². The summed E-state index contributed by atoms with van der Waals surface area (Å²) in [5, 5.41) is 9.44. The lowest BCUT2D eigenvalue weighted by Crippen LogP contribution is -2.39. The molecular formula is C34H36F6N4O5. The maximum atomic E-state index is 13.7. The Kier molecular flexibility index (Phi) is 9.31. The average Bonchev–Trinajstić information content (AvgIpc) is 3.31. The number of hydrogen-bond donors (Lipinski definition) is 1. The molecule has 2 aliphatic carbocycles. The lowest BCUT2D eigenvalue weighted by Gasteiger charge is -2.32. The minimum Gasteiger partial charge on any atom is -0.496 e. The summed E-state index contributed by atoms with van der Waals surface area (Å²) < 4.78 is 93.2. The number of allylic oxidation sites excluding steroid dienone is 3. The number of carboxylic acid groups (broad SMARTS) is 1. The Morgan fingerprint density at radius 2 is 1.78 bits per heavy atom. The van der Waals surface area contributed by atoms with E-state index in [2.05, 4.69) is 4.98 Å². The summed E-state index contributed by atoms with van der Waals surface area (Å²) in [5.41, 5.74) is -0.229. The van der Waals surface area contributed by atoms with Crippen molar-refractivity contribution in [2.75, 3.05) is 25.1 Å². The number of aliphatic carboxylic acids is 1. The van der Waals surface area contributed by atoms with E-state index in [1.807, 2.05) is 23.1 Å². The number of benzene rings is 1. The average molecular weight is 695 g/mol. The first-order valence-corrected chi connectivity index (χ1v) is 16.2. The zero-order valence-corrected chi connectivity index (χ0v) is 26.9. The highest BCUT2D eigenvalue weighted by Crippen LogP contribution is 2.44. The van der Waals surface area contributed by atoms with Gasteiger partial charge in [-0.15, -0.1) is 0 Å². The van der Waals surface area contributed by atoms with E-state index in [4.69, 9.17) is 14.5 Å². The number of alkyl halides is 6. The van der Waals surface area contributed by atoms with Gasteiger partial charge in [-0.05, 0) is 75.1 Å². The largest absolute Gasteiger partial charge is 0.496 e. The van der Waals surface area contributed by atoms with Crippen LogP contribution in [0, 0.1) is 11.8 Å². The summed E-state index contributed by atoms with van der Waals surface area (Å²) in [7, 11) is 1.51. The highest BCUT2D eigenvalue weighted by Gasteiger charge is 2.48. The van der Waals surface area contributed by atoms with Gasteiger partial charge >= 0.3 is 24.4 Å². The number of carbonyl (C=O) groups excluding carboxylic acids is 1. The number of hydrogen-bond acceptors (Lipinski definition) is 7. The van der Waals surface area contributed by atoms with Crippen LogP contribution < -0.4 is 9.64 Å². The van der Waals surface area contributed by atoms with Crippen molar-refractivity contribution in [2.24, 2.45) is 11.8 Å². The Hall–Kier alpha value is -4.30. The van der Waals surface area contributed by atoms with Gasteiger partial charge in [-0.25, -0.2) is 14.8 Å². The van der Waals surface area contributed by atoms with Gasteiger partial charge in [0.1, 0.15) is 11.9 Å². The Morgan fingerprint density at radius 1 is 1.06 bits per heavy atom. The van der Waals surface area contributed by atoms with Crippen molar-refractivity contribution in [1.82, 2.24) is 14.9 Å². The lowest BCUT2D eigenvalue weighted by atomic mass is 9.78. The van der Waals surface area contributed by atoms with E-state index in [1.165, 1.54) is 18.9 Å². The van der Waals surface area contributed by atoms with Crippen LogP contribution in [0.1, 0.15) is 62.6 Å². The van der Waals surface area contributed by atoms with Crippen LogP contribution in [0.25, 0.3) is 11.1 Å². The molecule has 3 heterocycles. The van der Waals surface area contributed by atoms with E-state index in [0.29, 0.717) is 60.3 Å². The number of carboxylic acids is 1. The molecule has 49 heavy (non-hydrogen) atoms. The molecule has 2 saturated heterocycles. The molecule has 2 aromatic rings. The molecule has 1 N–H and O–H groups in total. The van der Waals surface area contributed by atoms with Crippen LogP contribution >= 0.6 is 0 Å². The minimum atomic E-state index is -5.02. The van der Waals surface area contributed by atoms with E-state index in [9.17, 15) is 41.0 Å². The summed E-state index contributed by atoms with van der Waals surface area (Å²) in [6, 6.07) is 4.79. The Morgan fingerprint density at radius 3 is 2.37 bits per heavy atom. The van der Waals surface area contributed by atoms with Gasteiger partial charge < -0.3 is 19.5 Å². The number of methoxy groups -OCH3 is 1. The third kappa shape index (κ3) is 7.07. The molecule has 264 valence electrons. The van der Waals surface area contributed by atoms with Gasteiger partial charge in [0.25, 0.3) is 0 Å². The van der Waals surface area contributed by atoms with Gasteiger partial charge in [-0.1, -0.05) is 12.1 Å². The zero-order chi connectivity index (χ0) is 35.2. The van der Waals surface area contributed by atoms with E-state index in [0.717, 1.165) is 25.1 Å². The van der Waals surface area contributed by atoms with Crippen molar-refractivity contribution in [3.05, 3.63) is 59.0 Å². The molecule has 1 saturated carbocycles. The molecule has 0 bridgehead atoms. The molecule has 1 amide bonds. The first-order valence-electron chi connectivity index (χ1n) is 16.2. The molecule has 3 fully saturated rings. The fourth-order valence-corrected chi connectivity index (χ4v) is 7.15. The summed E-state index contributed by atoms with van der Waals surface area (Å²) >= 11 is 0. The standard InChI is InChI=1S/C34H36F6N4O5/c1-18-29(22-12-23(33(35,36)37)15-24(13-22)34(38,39)40)49-32(47)44(18)17-27-26(16-41-31(42-27)43-10-3-11-43)25-14-21(8-9-28(25)48-2)19-4-6-20(7-5-19)30(45)46/h8-9,12,14-16,18-20,22,29H,3-7,10-11,13,17H2,1-2H3,(H,45,46)/t18-,19?,20?,22?,29-/m0/s1. The van der Waals surface area contributed by atoms with Crippen LogP contribution in [-0.2, 0) is 16.1 Å². The van der Waals surface area contributed by atoms with Crippen LogP contribution in [0.4, 0.5) is 37.1 Å². The van der Waals surface area contributed by atoms with Crippen LogP contribution in [-0.4, -0.2) is 76.7 Å². The van der Waals surface area contributed by atoms with Crippen LogP contribution in [0.15, 0.2) is 47.7 Å². The van der Waals surface area contributed by atoms with Gasteiger partial charge in [-0.3, -0.25) is 9.69 Å². The molecule has 9 nitrogen and oxygen atoms in total. The predicted octanol–water partition coefficient (Wildman–Crippen LogP) is 7.43. The van der Waals surface area contributed by atoms with Crippen molar-refractivity contribution in [3.63, 3.8) is 0 Å². The van der Waals surface area contributed by atoms with Gasteiger partial charge in [0, 0.05) is 41.9 Å². The smallest absolute Gasteiger partial charge is 0.416 e. The van der Waals surface area contributed by atoms with Crippen LogP contribution in [0.2, 0.25) is 0 Å². The normalized spacial score (nSPS) is 26.1. The monoisotopic (exact) mass is 694 g/mol. The molecular weight excluding hydrogens is 658 g/mol. The van der Waals surface area contributed by atoms with Crippen molar-refractivity contribution in [2.45, 2.75) is 82.4 Å². The van der Waals surface area contributed by atoms with Gasteiger partial charge in [0.15, 0.2) is 0 Å². The van der Waals surface area contributed by atoms with Crippen LogP contribution in [0.3, 0.4) is 0 Å². The van der Waals surface area contributed by atoms with Gasteiger partial charge in [0.05, 0.1) is 36.9 Å². The molecule has 4 aliphatic rings. The summed E-state index contributed by atoms with van der Waals surface area (Å²) in [6.45, 7) is 2.84. The number of carbonyl (C=O) groups is 2.